The molecule has 0 unspecified atom stereocenters. The van der Waals surface area contributed by atoms with Crippen LogP contribution in [-0.2, 0) is 0 Å². The summed E-state index contributed by atoms with van der Waals surface area (Å²) in [7, 11) is 0. The standard InChI is InChI=1S/C17H10ClF2NO2/c1-8-4-9(18)5-12-13(17(22)23)7-15(21-16(8)12)11-3-2-10(19)6-14(11)20/h2-7H,1H3,(H,22,23). The molecule has 23 heavy (non-hydrogen) atoms. The first-order valence-electron chi connectivity index (χ1n) is 6.66. The van der Waals surface area contributed by atoms with E-state index in [1.165, 1.54) is 18.2 Å². The number of aromatic carboxylic acids is 1. The fourth-order valence-corrected chi connectivity index (χ4v) is 2.74. The number of pyridine rings is 1. The second kappa shape index (κ2) is 5.59. The highest BCUT2D eigenvalue weighted by atomic mass is 35.5. The SMILES string of the molecule is Cc1cc(Cl)cc2c(C(=O)O)cc(-c3ccc(F)cc3F)nc12. The average Bonchev–Trinajstić information content (AvgIpc) is 2.46. The molecule has 116 valence electrons. The van der Waals surface area contributed by atoms with E-state index in [1.807, 2.05) is 0 Å². The van der Waals surface area contributed by atoms with Crippen LogP contribution < -0.4 is 0 Å². The molecule has 0 aliphatic carbocycles. The number of halogens is 3. The Morgan fingerprint density at radius 3 is 2.57 bits per heavy atom. The Bertz CT molecular complexity index is 957. The van der Waals surface area contributed by atoms with Crippen molar-refractivity contribution in [2.24, 2.45) is 0 Å². The van der Waals surface area contributed by atoms with Gasteiger partial charge in [0.05, 0.1) is 16.8 Å². The molecule has 3 aromatic rings. The Kier molecular flexibility index (Phi) is 3.74. The van der Waals surface area contributed by atoms with Gasteiger partial charge in [-0.3, -0.25) is 0 Å². The highest BCUT2D eigenvalue weighted by Gasteiger charge is 2.17. The molecule has 0 saturated heterocycles. The van der Waals surface area contributed by atoms with Gasteiger partial charge in [-0.05, 0) is 42.8 Å². The average molecular weight is 334 g/mol. The van der Waals surface area contributed by atoms with Gasteiger partial charge >= 0.3 is 5.97 Å². The fraction of sp³-hybridized carbons (Fsp3) is 0.0588. The summed E-state index contributed by atoms with van der Waals surface area (Å²) < 4.78 is 27.0. The molecule has 6 heteroatoms. The van der Waals surface area contributed by atoms with E-state index < -0.39 is 17.6 Å². The number of aromatic nitrogens is 1. The van der Waals surface area contributed by atoms with Crippen molar-refractivity contribution in [1.29, 1.82) is 0 Å². The molecule has 2 aromatic carbocycles. The maximum atomic E-state index is 14.0. The van der Waals surface area contributed by atoms with E-state index in [9.17, 15) is 18.7 Å². The minimum Gasteiger partial charge on any atom is -0.478 e. The molecule has 0 amide bonds. The number of nitrogens with zero attached hydrogens (tertiary/aromatic N) is 1. The first kappa shape index (κ1) is 15.4. The second-order valence-electron chi connectivity index (χ2n) is 5.10. The normalized spacial score (nSPS) is 11.0. The van der Waals surface area contributed by atoms with Crippen LogP contribution in [0.2, 0.25) is 5.02 Å². The Balaban J connectivity index is 2.37. The third-order valence-electron chi connectivity index (χ3n) is 3.51. The van der Waals surface area contributed by atoms with E-state index in [0.29, 0.717) is 21.5 Å². The van der Waals surface area contributed by atoms with Crippen LogP contribution in [0.5, 0.6) is 0 Å². The summed E-state index contributed by atoms with van der Waals surface area (Å²) >= 11 is 5.98. The molecular formula is C17H10ClF2NO2. The molecule has 0 aliphatic heterocycles. The van der Waals surface area contributed by atoms with E-state index in [-0.39, 0.29) is 16.8 Å². The van der Waals surface area contributed by atoms with Crippen molar-refractivity contribution in [3.63, 3.8) is 0 Å². The van der Waals surface area contributed by atoms with E-state index in [0.717, 1.165) is 12.1 Å². The smallest absolute Gasteiger partial charge is 0.336 e. The zero-order chi connectivity index (χ0) is 16.7. The Morgan fingerprint density at radius 2 is 1.91 bits per heavy atom. The lowest BCUT2D eigenvalue weighted by Crippen LogP contribution is -2.02. The van der Waals surface area contributed by atoms with Crippen molar-refractivity contribution >= 4 is 28.5 Å². The zero-order valence-electron chi connectivity index (χ0n) is 11.9. The quantitative estimate of drug-likeness (QED) is 0.730. The number of carboxylic acid groups (broad SMARTS) is 1. The predicted molar refractivity (Wildman–Crippen MR) is 83.8 cm³/mol. The van der Waals surface area contributed by atoms with Crippen LogP contribution in [0, 0.1) is 18.6 Å². The molecule has 3 rings (SSSR count). The van der Waals surface area contributed by atoms with Gasteiger partial charge in [0.15, 0.2) is 0 Å². The fourth-order valence-electron chi connectivity index (χ4n) is 2.47. The molecule has 0 fully saturated rings. The van der Waals surface area contributed by atoms with Crippen molar-refractivity contribution in [2.45, 2.75) is 6.92 Å². The molecule has 1 N–H and O–H groups in total. The van der Waals surface area contributed by atoms with Gasteiger partial charge in [-0.15, -0.1) is 0 Å². The maximum Gasteiger partial charge on any atom is 0.336 e. The van der Waals surface area contributed by atoms with Gasteiger partial charge < -0.3 is 5.11 Å². The zero-order valence-corrected chi connectivity index (χ0v) is 12.7. The summed E-state index contributed by atoms with van der Waals surface area (Å²) in [5.41, 5.74) is 1.19. The predicted octanol–water partition coefficient (Wildman–Crippen LogP) is 4.84. The highest BCUT2D eigenvalue weighted by molar-refractivity contribution is 6.31. The van der Waals surface area contributed by atoms with Crippen LogP contribution in [0.25, 0.3) is 22.2 Å². The van der Waals surface area contributed by atoms with Crippen LogP contribution in [0.4, 0.5) is 8.78 Å². The molecule has 3 nitrogen and oxygen atoms in total. The summed E-state index contributed by atoms with van der Waals surface area (Å²) in [6.07, 6.45) is 0. The van der Waals surface area contributed by atoms with Crippen molar-refractivity contribution in [3.8, 4) is 11.3 Å². The summed E-state index contributed by atoms with van der Waals surface area (Å²) in [5.74, 6) is -2.70. The number of carboxylic acids is 1. The first-order chi connectivity index (χ1) is 10.9. The number of rotatable bonds is 2. The van der Waals surface area contributed by atoms with Crippen molar-refractivity contribution < 1.29 is 18.7 Å². The van der Waals surface area contributed by atoms with E-state index in [1.54, 1.807) is 13.0 Å². The van der Waals surface area contributed by atoms with Gasteiger partial charge in [-0.1, -0.05) is 11.6 Å². The number of fused-ring (bicyclic) bond motifs is 1. The molecule has 1 aromatic heterocycles. The van der Waals surface area contributed by atoms with Crippen LogP contribution in [0.1, 0.15) is 15.9 Å². The van der Waals surface area contributed by atoms with Gasteiger partial charge in [0.2, 0.25) is 0 Å². The minimum absolute atomic E-state index is 0.0325. The molecule has 0 aliphatic rings. The Hall–Kier alpha value is -2.53. The lowest BCUT2D eigenvalue weighted by atomic mass is 10.0. The van der Waals surface area contributed by atoms with Gasteiger partial charge in [-0.25, -0.2) is 18.6 Å². The Morgan fingerprint density at radius 1 is 1.17 bits per heavy atom. The molecule has 0 bridgehead atoms. The van der Waals surface area contributed by atoms with Crippen LogP contribution in [0.3, 0.4) is 0 Å². The lowest BCUT2D eigenvalue weighted by molar-refractivity contribution is 0.0699. The number of hydrogen-bond acceptors (Lipinski definition) is 2. The number of carbonyl (C=O) groups is 1. The maximum absolute atomic E-state index is 14.0. The third kappa shape index (κ3) is 2.75. The van der Waals surface area contributed by atoms with Crippen LogP contribution >= 0.6 is 11.6 Å². The summed E-state index contributed by atoms with van der Waals surface area (Å²) in [5, 5.41) is 10.2. The van der Waals surface area contributed by atoms with Gasteiger partial charge in [0.25, 0.3) is 0 Å². The van der Waals surface area contributed by atoms with Gasteiger partial charge in [0, 0.05) is 22.0 Å². The van der Waals surface area contributed by atoms with E-state index in [2.05, 4.69) is 4.98 Å². The summed E-state index contributed by atoms with van der Waals surface area (Å²) in [4.78, 5) is 15.9. The van der Waals surface area contributed by atoms with Gasteiger partial charge in [-0.2, -0.15) is 0 Å². The minimum atomic E-state index is -1.18. The molecular weight excluding hydrogens is 324 g/mol. The summed E-state index contributed by atoms with van der Waals surface area (Å²) in [6.45, 7) is 1.73. The van der Waals surface area contributed by atoms with Crippen molar-refractivity contribution in [3.05, 3.63) is 64.2 Å². The topological polar surface area (TPSA) is 50.2 Å². The third-order valence-corrected chi connectivity index (χ3v) is 3.72. The van der Waals surface area contributed by atoms with Gasteiger partial charge in [0.1, 0.15) is 11.6 Å². The number of hydrogen-bond donors (Lipinski definition) is 1. The van der Waals surface area contributed by atoms with Crippen LogP contribution in [0.15, 0.2) is 36.4 Å². The molecule has 0 atom stereocenters. The molecule has 0 saturated carbocycles. The van der Waals surface area contributed by atoms with E-state index in [4.69, 9.17) is 11.6 Å². The number of aryl methyl sites for hydroxylation is 1. The van der Waals surface area contributed by atoms with E-state index >= 15 is 0 Å². The first-order valence-corrected chi connectivity index (χ1v) is 7.04. The Labute approximate surface area is 135 Å². The van der Waals surface area contributed by atoms with Crippen LogP contribution in [-0.4, -0.2) is 16.1 Å². The monoisotopic (exact) mass is 333 g/mol. The molecule has 1 heterocycles. The number of benzene rings is 2. The second-order valence-corrected chi connectivity index (χ2v) is 5.54. The summed E-state index contributed by atoms with van der Waals surface area (Å²) in [6, 6.07) is 7.47. The largest absolute Gasteiger partial charge is 0.478 e. The molecule has 0 spiro atoms. The lowest BCUT2D eigenvalue weighted by Gasteiger charge is -2.10. The van der Waals surface area contributed by atoms with Crippen molar-refractivity contribution in [2.75, 3.05) is 0 Å². The highest BCUT2D eigenvalue weighted by Crippen LogP contribution is 2.30. The molecule has 0 radical (unpaired) electrons. The van der Waals surface area contributed by atoms with Crippen molar-refractivity contribution in [1.82, 2.24) is 4.98 Å².